The monoisotopic (exact) mass is 244 g/mol. The lowest BCUT2D eigenvalue weighted by Crippen LogP contribution is -2.25. The van der Waals surface area contributed by atoms with E-state index in [1.807, 2.05) is 0 Å². The maximum Gasteiger partial charge on any atom is 0.321 e. The van der Waals surface area contributed by atoms with Crippen LogP contribution in [0.2, 0.25) is 0 Å². The summed E-state index contributed by atoms with van der Waals surface area (Å²) in [6.07, 6.45) is 0. The molecule has 88 valence electrons. The molecule has 1 aromatic carbocycles. The summed E-state index contributed by atoms with van der Waals surface area (Å²) in [4.78, 5) is 11.8. The molecule has 0 saturated heterocycles. The molecule has 0 radical (unpaired) electrons. The van der Waals surface area contributed by atoms with Gasteiger partial charge in [0.25, 0.3) is 0 Å². The first kappa shape index (κ1) is 12.8. The summed E-state index contributed by atoms with van der Waals surface area (Å²) in [6, 6.07) is 5.23. The van der Waals surface area contributed by atoms with E-state index < -0.39 is 27.8 Å². The number of carbonyl (C=O) groups excluding carboxylic acids is 1. The van der Waals surface area contributed by atoms with Crippen LogP contribution in [0.25, 0.3) is 0 Å². The Labute approximate surface area is 96.1 Å². The number of carbonyl (C=O) groups is 1. The minimum absolute atomic E-state index is 0.254. The number of hydrogen-bond donors (Lipinski definition) is 0. The molecular formula is C11H13FO3S. The Kier molecular flexibility index (Phi) is 4.61. The maximum absolute atomic E-state index is 12.6. The van der Waals surface area contributed by atoms with Crippen LogP contribution >= 0.6 is 0 Å². The van der Waals surface area contributed by atoms with Gasteiger partial charge in [-0.2, -0.15) is 0 Å². The van der Waals surface area contributed by atoms with Gasteiger partial charge in [0.15, 0.2) is 0 Å². The van der Waals surface area contributed by atoms with Gasteiger partial charge >= 0.3 is 5.97 Å². The van der Waals surface area contributed by atoms with Gasteiger partial charge in [-0.15, -0.1) is 0 Å². The molecule has 5 heteroatoms. The predicted octanol–water partition coefficient (Wildman–Crippen LogP) is 1.88. The molecule has 2 atom stereocenters. The van der Waals surface area contributed by atoms with Gasteiger partial charge in [-0.3, -0.25) is 9.00 Å². The molecule has 0 fully saturated rings. The van der Waals surface area contributed by atoms with E-state index >= 15 is 0 Å². The maximum atomic E-state index is 12.6. The van der Waals surface area contributed by atoms with Crippen molar-refractivity contribution in [3.8, 4) is 0 Å². The van der Waals surface area contributed by atoms with Crippen LogP contribution in [0.4, 0.5) is 4.39 Å². The number of esters is 1. The molecule has 3 nitrogen and oxygen atoms in total. The van der Waals surface area contributed by atoms with Crippen molar-refractivity contribution in [2.45, 2.75) is 24.0 Å². The number of benzene rings is 1. The zero-order valence-electron chi connectivity index (χ0n) is 9.10. The summed E-state index contributed by atoms with van der Waals surface area (Å²) in [5.41, 5.74) is 0. The molecule has 16 heavy (non-hydrogen) atoms. The third-order valence-electron chi connectivity index (χ3n) is 1.99. The van der Waals surface area contributed by atoms with Gasteiger partial charge in [0.05, 0.1) is 17.4 Å². The Morgan fingerprint density at radius 3 is 2.50 bits per heavy atom. The van der Waals surface area contributed by atoms with Crippen LogP contribution < -0.4 is 0 Å². The van der Waals surface area contributed by atoms with Crippen molar-refractivity contribution >= 4 is 16.8 Å². The fourth-order valence-electron chi connectivity index (χ4n) is 1.12. The van der Waals surface area contributed by atoms with Crippen molar-refractivity contribution in [2.24, 2.45) is 0 Å². The zero-order chi connectivity index (χ0) is 12.1. The van der Waals surface area contributed by atoms with E-state index in [1.54, 1.807) is 6.92 Å². The van der Waals surface area contributed by atoms with E-state index in [1.165, 1.54) is 31.2 Å². The number of hydrogen-bond acceptors (Lipinski definition) is 3. The first-order chi connectivity index (χ1) is 7.56. The largest absolute Gasteiger partial charge is 0.465 e. The lowest BCUT2D eigenvalue weighted by atomic mass is 10.3. The van der Waals surface area contributed by atoms with E-state index in [0.29, 0.717) is 4.90 Å². The highest BCUT2D eigenvalue weighted by atomic mass is 32.2. The summed E-state index contributed by atoms with van der Waals surface area (Å²) >= 11 is 0. The third-order valence-corrected chi connectivity index (χ3v) is 3.56. The number of rotatable bonds is 4. The number of halogens is 1. The van der Waals surface area contributed by atoms with Gasteiger partial charge in [0, 0.05) is 4.90 Å². The Hall–Kier alpha value is -1.23. The second kappa shape index (κ2) is 5.75. The molecule has 0 unspecified atom stereocenters. The highest BCUT2D eigenvalue weighted by Crippen LogP contribution is 2.13. The van der Waals surface area contributed by atoms with E-state index in [4.69, 9.17) is 4.74 Å². The molecule has 0 aromatic heterocycles. The Morgan fingerprint density at radius 2 is 2.00 bits per heavy atom. The van der Waals surface area contributed by atoms with Crippen molar-refractivity contribution in [3.63, 3.8) is 0 Å². The Balaban J connectivity index is 2.78. The average molecular weight is 244 g/mol. The summed E-state index contributed by atoms with van der Waals surface area (Å²) in [5, 5.41) is -0.745. The van der Waals surface area contributed by atoms with Gasteiger partial charge in [-0.1, -0.05) is 0 Å². The molecule has 1 aromatic rings. The molecular weight excluding hydrogens is 231 g/mol. The lowest BCUT2D eigenvalue weighted by molar-refractivity contribution is -0.142. The highest BCUT2D eigenvalue weighted by Gasteiger charge is 2.22. The van der Waals surface area contributed by atoms with Gasteiger partial charge in [0.1, 0.15) is 11.1 Å². The van der Waals surface area contributed by atoms with Crippen LogP contribution in [0.1, 0.15) is 13.8 Å². The smallest absolute Gasteiger partial charge is 0.321 e. The van der Waals surface area contributed by atoms with Crippen LogP contribution in [-0.2, 0) is 20.3 Å². The normalized spacial score (nSPS) is 14.2. The second-order valence-electron chi connectivity index (χ2n) is 3.15. The van der Waals surface area contributed by atoms with Crippen molar-refractivity contribution in [1.29, 1.82) is 0 Å². The topological polar surface area (TPSA) is 43.4 Å². The first-order valence-corrected chi connectivity index (χ1v) is 6.10. The van der Waals surface area contributed by atoms with Gasteiger partial charge in [0.2, 0.25) is 0 Å². The zero-order valence-corrected chi connectivity index (χ0v) is 9.92. The van der Waals surface area contributed by atoms with Crippen molar-refractivity contribution in [2.75, 3.05) is 6.61 Å². The van der Waals surface area contributed by atoms with Crippen molar-refractivity contribution < 1.29 is 18.1 Å². The quantitative estimate of drug-likeness (QED) is 0.760. The van der Waals surface area contributed by atoms with E-state index in [-0.39, 0.29) is 6.61 Å². The predicted molar refractivity (Wildman–Crippen MR) is 58.9 cm³/mol. The molecule has 0 bridgehead atoms. The Morgan fingerprint density at radius 1 is 1.44 bits per heavy atom. The molecule has 1 rings (SSSR count). The molecule has 0 aliphatic carbocycles. The number of ether oxygens (including phenoxy) is 1. The molecule has 0 spiro atoms. The average Bonchev–Trinajstić information content (AvgIpc) is 2.28. The standard InChI is InChI=1S/C11H13FO3S/c1-3-15-11(13)8(2)16(14)10-6-4-9(12)5-7-10/h4-8H,3H2,1-2H3/t8-,16+/m0/s1. The SMILES string of the molecule is CCOC(=O)[C@H](C)[S@@](=O)c1ccc(F)cc1. The lowest BCUT2D eigenvalue weighted by Gasteiger charge is -2.10. The molecule has 0 amide bonds. The van der Waals surface area contributed by atoms with Crippen LogP contribution in [0.5, 0.6) is 0 Å². The minimum Gasteiger partial charge on any atom is -0.465 e. The van der Waals surface area contributed by atoms with Gasteiger partial charge < -0.3 is 4.74 Å². The van der Waals surface area contributed by atoms with Gasteiger partial charge in [-0.25, -0.2) is 4.39 Å². The fraction of sp³-hybridized carbons (Fsp3) is 0.364. The van der Waals surface area contributed by atoms with E-state index in [2.05, 4.69) is 0 Å². The molecule has 0 saturated carbocycles. The summed E-state index contributed by atoms with van der Waals surface area (Å²) in [6.45, 7) is 3.46. The van der Waals surface area contributed by atoms with Crippen LogP contribution in [-0.4, -0.2) is 22.0 Å². The second-order valence-corrected chi connectivity index (χ2v) is 4.92. The van der Waals surface area contributed by atoms with Crippen molar-refractivity contribution in [3.05, 3.63) is 30.1 Å². The van der Waals surface area contributed by atoms with E-state index in [0.717, 1.165) is 0 Å². The van der Waals surface area contributed by atoms with Gasteiger partial charge in [-0.05, 0) is 38.1 Å². The summed E-state index contributed by atoms with van der Waals surface area (Å²) < 4.78 is 29.3. The third kappa shape index (κ3) is 3.13. The van der Waals surface area contributed by atoms with E-state index in [9.17, 15) is 13.4 Å². The molecule has 0 aliphatic rings. The summed E-state index contributed by atoms with van der Waals surface area (Å²) in [7, 11) is -1.51. The molecule has 0 N–H and O–H groups in total. The minimum atomic E-state index is -1.51. The summed E-state index contributed by atoms with van der Waals surface area (Å²) in [5.74, 6) is -0.908. The van der Waals surface area contributed by atoms with Crippen LogP contribution in [0.3, 0.4) is 0 Å². The fourth-order valence-corrected chi connectivity index (χ4v) is 2.18. The highest BCUT2D eigenvalue weighted by molar-refractivity contribution is 7.86. The molecule has 0 aliphatic heterocycles. The molecule has 0 heterocycles. The van der Waals surface area contributed by atoms with Crippen LogP contribution in [0.15, 0.2) is 29.2 Å². The van der Waals surface area contributed by atoms with Crippen molar-refractivity contribution in [1.82, 2.24) is 0 Å². The van der Waals surface area contributed by atoms with Crippen LogP contribution in [0, 0.1) is 5.82 Å². The first-order valence-electron chi connectivity index (χ1n) is 4.89. The Bertz CT molecular complexity index is 389.